The third kappa shape index (κ3) is 7.98. The van der Waals surface area contributed by atoms with Crippen LogP contribution in [0.4, 0.5) is 13.2 Å². The van der Waals surface area contributed by atoms with E-state index < -0.39 is 6.36 Å². The Bertz CT molecular complexity index is 561. The van der Waals surface area contributed by atoms with Gasteiger partial charge < -0.3 is 20.5 Å². The predicted octanol–water partition coefficient (Wildman–Crippen LogP) is 3.15. The number of guanidine groups is 1. The quantitative estimate of drug-likeness (QED) is 0.368. The van der Waals surface area contributed by atoms with Gasteiger partial charge in [-0.15, -0.1) is 37.1 Å². The Labute approximate surface area is 168 Å². The van der Waals surface area contributed by atoms with Crippen LogP contribution in [0.15, 0.2) is 29.3 Å². The minimum absolute atomic E-state index is 0. The van der Waals surface area contributed by atoms with E-state index in [9.17, 15) is 18.3 Å². The van der Waals surface area contributed by atoms with Gasteiger partial charge in [-0.1, -0.05) is 12.1 Å². The Kier molecular flexibility index (Phi) is 9.48. The minimum Gasteiger partial charge on any atom is -0.406 e. The van der Waals surface area contributed by atoms with Crippen molar-refractivity contribution in [2.45, 2.75) is 32.0 Å². The van der Waals surface area contributed by atoms with Crippen LogP contribution in [0.25, 0.3) is 0 Å². The predicted molar refractivity (Wildman–Crippen MR) is 105 cm³/mol. The molecule has 3 N–H and O–H groups in total. The summed E-state index contributed by atoms with van der Waals surface area (Å²) in [5.41, 5.74) is 6.80. The molecule has 1 saturated heterocycles. The van der Waals surface area contributed by atoms with E-state index >= 15 is 0 Å². The average Bonchev–Trinajstić information content (AvgIpc) is 2.59. The summed E-state index contributed by atoms with van der Waals surface area (Å²) in [7, 11) is 0. The van der Waals surface area contributed by atoms with Crippen LogP contribution in [-0.4, -0.2) is 48.6 Å². The lowest BCUT2D eigenvalue weighted by Gasteiger charge is -2.27. The highest BCUT2D eigenvalue weighted by atomic mass is 127. The molecule has 26 heavy (non-hydrogen) atoms. The van der Waals surface area contributed by atoms with Gasteiger partial charge in [0.05, 0.1) is 0 Å². The Hall–Kier alpha value is -1.23. The van der Waals surface area contributed by atoms with Gasteiger partial charge in [-0.2, -0.15) is 0 Å². The molecule has 1 unspecified atom stereocenters. The van der Waals surface area contributed by atoms with Crippen LogP contribution in [0, 0.1) is 5.92 Å². The van der Waals surface area contributed by atoms with Crippen LogP contribution in [0.2, 0.25) is 0 Å². The number of aliphatic hydroxyl groups excluding tert-OH is 1. The number of rotatable bonds is 6. The second-order valence-electron chi connectivity index (χ2n) is 6.19. The standard InChI is InChI=1S/C17H24F3N3O2.HI/c18-17(19,20)25-15-6-4-13(5-7-15)10-14(12-24)11-22-16(21)23-8-2-1-3-9-23;/h4-7,14,24H,1-3,8-12H2,(H2,21,22);1H. The zero-order valence-corrected chi connectivity index (χ0v) is 16.7. The molecule has 0 saturated carbocycles. The van der Waals surface area contributed by atoms with Crippen molar-refractivity contribution in [3.8, 4) is 5.75 Å². The summed E-state index contributed by atoms with van der Waals surface area (Å²) in [6.45, 7) is 2.11. The Balaban J connectivity index is 0.00000338. The monoisotopic (exact) mass is 487 g/mol. The highest BCUT2D eigenvalue weighted by Gasteiger charge is 2.30. The van der Waals surface area contributed by atoms with E-state index in [2.05, 4.69) is 9.73 Å². The third-order valence-electron chi connectivity index (χ3n) is 4.13. The molecule has 5 nitrogen and oxygen atoms in total. The van der Waals surface area contributed by atoms with Crippen molar-refractivity contribution >= 4 is 29.9 Å². The number of aliphatic imine (C=N–C) groups is 1. The first kappa shape index (κ1) is 22.8. The van der Waals surface area contributed by atoms with Crippen LogP contribution < -0.4 is 10.5 Å². The molecule has 0 bridgehead atoms. The SMILES string of the molecule is I.NC(=NCC(CO)Cc1ccc(OC(F)(F)F)cc1)N1CCCCC1. The maximum atomic E-state index is 12.2. The van der Waals surface area contributed by atoms with Crippen LogP contribution >= 0.6 is 24.0 Å². The van der Waals surface area contributed by atoms with Crippen LogP contribution in [0.3, 0.4) is 0 Å². The number of piperidine rings is 1. The van der Waals surface area contributed by atoms with Gasteiger partial charge >= 0.3 is 6.36 Å². The van der Waals surface area contributed by atoms with Crippen molar-refractivity contribution in [1.29, 1.82) is 0 Å². The largest absolute Gasteiger partial charge is 0.573 e. The summed E-state index contributed by atoms with van der Waals surface area (Å²) < 4.78 is 40.3. The molecular weight excluding hydrogens is 462 g/mol. The molecule has 1 aromatic carbocycles. The van der Waals surface area contributed by atoms with Crippen LogP contribution in [0.1, 0.15) is 24.8 Å². The molecule has 0 amide bonds. The summed E-state index contributed by atoms with van der Waals surface area (Å²) >= 11 is 0. The molecule has 1 heterocycles. The van der Waals surface area contributed by atoms with Crippen molar-refractivity contribution in [2.24, 2.45) is 16.6 Å². The lowest BCUT2D eigenvalue weighted by Crippen LogP contribution is -2.41. The molecule has 2 rings (SSSR count). The zero-order chi connectivity index (χ0) is 18.3. The van der Waals surface area contributed by atoms with Gasteiger partial charge in [0.25, 0.3) is 0 Å². The van der Waals surface area contributed by atoms with E-state index in [-0.39, 0.29) is 42.3 Å². The molecule has 9 heteroatoms. The van der Waals surface area contributed by atoms with Crippen LogP contribution in [-0.2, 0) is 6.42 Å². The normalized spacial score (nSPS) is 16.8. The van der Waals surface area contributed by atoms with E-state index in [1.807, 2.05) is 4.90 Å². The maximum Gasteiger partial charge on any atom is 0.573 e. The van der Waals surface area contributed by atoms with Gasteiger partial charge in [0.2, 0.25) is 0 Å². The summed E-state index contributed by atoms with van der Waals surface area (Å²) in [6.07, 6.45) is -0.787. The fourth-order valence-corrected chi connectivity index (χ4v) is 2.79. The number of alkyl halides is 3. The van der Waals surface area contributed by atoms with Crippen LogP contribution in [0.5, 0.6) is 5.75 Å². The number of hydrogen-bond acceptors (Lipinski definition) is 3. The van der Waals surface area contributed by atoms with Crippen molar-refractivity contribution in [2.75, 3.05) is 26.2 Å². The molecule has 1 aliphatic rings. The molecule has 0 aliphatic carbocycles. The van der Waals surface area contributed by atoms with E-state index in [1.54, 1.807) is 12.1 Å². The lowest BCUT2D eigenvalue weighted by molar-refractivity contribution is -0.274. The number of ether oxygens (including phenoxy) is 1. The van der Waals surface area contributed by atoms with E-state index in [0.29, 0.717) is 18.9 Å². The first-order chi connectivity index (χ1) is 11.9. The van der Waals surface area contributed by atoms with E-state index in [1.165, 1.54) is 18.6 Å². The first-order valence-electron chi connectivity index (χ1n) is 8.38. The van der Waals surface area contributed by atoms with Crippen molar-refractivity contribution in [3.63, 3.8) is 0 Å². The van der Waals surface area contributed by atoms with Gasteiger partial charge in [0.15, 0.2) is 5.96 Å². The highest BCUT2D eigenvalue weighted by molar-refractivity contribution is 14.0. The van der Waals surface area contributed by atoms with Crippen molar-refractivity contribution < 1.29 is 23.0 Å². The fraction of sp³-hybridized carbons (Fsp3) is 0.588. The Morgan fingerprint density at radius 2 is 1.81 bits per heavy atom. The van der Waals surface area contributed by atoms with Gasteiger partial charge in [-0.3, -0.25) is 4.99 Å². The second kappa shape index (κ2) is 10.8. The number of benzene rings is 1. The topological polar surface area (TPSA) is 71.1 Å². The molecule has 1 fully saturated rings. The third-order valence-corrected chi connectivity index (χ3v) is 4.13. The molecule has 1 aromatic rings. The maximum absolute atomic E-state index is 12.2. The minimum atomic E-state index is -4.70. The van der Waals surface area contributed by atoms with E-state index in [4.69, 9.17) is 5.73 Å². The number of nitrogens with two attached hydrogens (primary N) is 1. The summed E-state index contributed by atoms with van der Waals surface area (Å²) in [5.74, 6) is 0.0916. The van der Waals surface area contributed by atoms with E-state index in [0.717, 1.165) is 31.5 Å². The molecular formula is C17H25F3IN3O2. The number of likely N-dealkylation sites (tertiary alicyclic amines) is 1. The number of aliphatic hydroxyl groups is 1. The highest BCUT2D eigenvalue weighted by Crippen LogP contribution is 2.23. The number of nitrogens with zero attached hydrogens (tertiary/aromatic N) is 2. The average molecular weight is 487 g/mol. The zero-order valence-electron chi connectivity index (χ0n) is 14.4. The second-order valence-corrected chi connectivity index (χ2v) is 6.19. The Morgan fingerprint density at radius 1 is 1.19 bits per heavy atom. The first-order valence-corrected chi connectivity index (χ1v) is 8.38. The summed E-state index contributed by atoms with van der Waals surface area (Å²) in [6, 6.07) is 5.65. The smallest absolute Gasteiger partial charge is 0.406 e. The Morgan fingerprint density at radius 3 is 2.35 bits per heavy atom. The molecule has 0 radical (unpaired) electrons. The van der Waals surface area contributed by atoms with Gasteiger partial charge in [-0.25, -0.2) is 0 Å². The van der Waals surface area contributed by atoms with Crippen molar-refractivity contribution in [3.05, 3.63) is 29.8 Å². The lowest BCUT2D eigenvalue weighted by atomic mass is 10.0. The van der Waals surface area contributed by atoms with Gasteiger partial charge in [0.1, 0.15) is 5.75 Å². The van der Waals surface area contributed by atoms with Gasteiger partial charge in [0, 0.05) is 32.2 Å². The molecule has 0 aromatic heterocycles. The molecule has 1 atom stereocenters. The molecule has 148 valence electrons. The summed E-state index contributed by atoms with van der Waals surface area (Å²) in [4.78, 5) is 6.41. The number of hydrogen-bond donors (Lipinski definition) is 2. The summed E-state index contributed by atoms with van der Waals surface area (Å²) in [5, 5.41) is 9.52. The van der Waals surface area contributed by atoms with Crippen molar-refractivity contribution in [1.82, 2.24) is 4.90 Å². The van der Waals surface area contributed by atoms with Gasteiger partial charge in [-0.05, 0) is 43.4 Å². The number of halogens is 4. The molecule has 0 spiro atoms. The fourth-order valence-electron chi connectivity index (χ4n) is 2.79. The molecule has 1 aliphatic heterocycles.